The van der Waals surface area contributed by atoms with Gasteiger partial charge in [-0.2, -0.15) is 4.98 Å². The van der Waals surface area contributed by atoms with Gasteiger partial charge in [0, 0.05) is 48.9 Å². The second kappa shape index (κ2) is 8.78. The van der Waals surface area contributed by atoms with Gasteiger partial charge >= 0.3 is 0 Å². The molecule has 0 saturated heterocycles. The molecule has 8 heteroatoms. The topological polar surface area (TPSA) is 94.1 Å². The Morgan fingerprint density at radius 1 is 0.938 bits per heavy atom. The molecule has 32 heavy (non-hydrogen) atoms. The first-order chi connectivity index (χ1) is 15.8. The summed E-state index contributed by atoms with van der Waals surface area (Å²) < 4.78 is 11.7. The molecular formula is C24H20N6O2. The number of rotatable bonds is 1. The van der Waals surface area contributed by atoms with Crippen LogP contribution in [0.1, 0.15) is 17.5 Å². The summed E-state index contributed by atoms with van der Waals surface area (Å²) in [7, 11) is 1.83. The van der Waals surface area contributed by atoms with Gasteiger partial charge in [0.1, 0.15) is 17.5 Å². The van der Waals surface area contributed by atoms with Gasteiger partial charge in [-0.05, 0) is 18.2 Å². The molecule has 0 unspecified atom stereocenters. The summed E-state index contributed by atoms with van der Waals surface area (Å²) in [6.07, 6.45) is 7.61. The van der Waals surface area contributed by atoms with Crippen molar-refractivity contribution in [3.8, 4) is 23.5 Å². The van der Waals surface area contributed by atoms with E-state index in [1.807, 2.05) is 37.4 Å². The average Bonchev–Trinajstić information content (AvgIpc) is 2.83. The molecule has 1 aliphatic rings. The molecule has 0 aliphatic carbocycles. The molecule has 4 aromatic rings. The molecule has 0 aromatic carbocycles. The molecule has 0 spiro atoms. The van der Waals surface area contributed by atoms with Crippen molar-refractivity contribution < 1.29 is 9.47 Å². The lowest BCUT2D eigenvalue weighted by Gasteiger charge is -2.11. The fourth-order valence-electron chi connectivity index (χ4n) is 3.35. The Hall–Kier alpha value is -4.38. The molecule has 0 fully saturated rings. The maximum atomic E-state index is 5.91. The van der Waals surface area contributed by atoms with Crippen molar-refractivity contribution in [2.75, 3.05) is 30.9 Å². The normalized spacial score (nSPS) is 12.9. The summed E-state index contributed by atoms with van der Waals surface area (Å²) in [6, 6.07) is 9.36. The van der Waals surface area contributed by atoms with E-state index in [4.69, 9.17) is 9.47 Å². The minimum atomic E-state index is 0.478. The van der Waals surface area contributed by atoms with Crippen LogP contribution in [0.25, 0.3) is 10.8 Å². The van der Waals surface area contributed by atoms with Crippen LogP contribution in [0.3, 0.4) is 0 Å². The van der Waals surface area contributed by atoms with E-state index in [0.29, 0.717) is 42.9 Å². The molecule has 0 saturated carbocycles. The predicted molar refractivity (Wildman–Crippen MR) is 122 cm³/mol. The number of anilines is 3. The highest BCUT2D eigenvalue weighted by Gasteiger charge is 2.10. The Kier molecular flexibility index (Phi) is 5.37. The van der Waals surface area contributed by atoms with Crippen LogP contribution < -0.4 is 20.1 Å². The number of fused-ring (bicyclic) bond motifs is 4. The molecular weight excluding hydrogens is 404 g/mol. The molecule has 0 radical (unpaired) electrons. The van der Waals surface area contributed by atoms with Crippen LogP contribution in [0.5, 0.6) is 11.6 Å². The Morgan fingerprint density at radius 3 is 2.78 bits per heavy atom. The highest BCUT2D eigenvalue weighted by Crippen LogP contribution is 2.27. The highest BCUT2D eigenvalue weighted by molar-refractivity contribution is 5.96. The van der Waals surface area contributed by atoms with Gasteiger partial charge in [-0.25, -0.2) is 9.97 Å². The molecule has 5 rings (SSSR count). The summed E-state index contributed by atoms with van der Waals surface area (Å²) in [4.78, 5) is 17.7. The lowest BCUT2D eigenvalue weighted by atomic mass is 10.1. The van der Waals surface area contributed by atoms with Gasteiger partial charge in [0.25, 0.3) is 0 Å². The Bertz CT molecular complexity index is 1350. The number of hydrogen-bond donors (Lipinski definition) is 2. The Labute approximate surface area is 185 Å². The maximum absolute atomic E-state index is 5.91. The number of nitrogens with zero attached hydrogens (tertiary/aromatic N) is 4. The summed E-state index contributed by atoms with van der Waals surface area (Å²) in [5, 5.41) is 8.16. The van der Waals surface area contributed by atoms with Crippen LogP contribution in [0, 0.1) is 11.8 Å². The van der Waals surface area contributed by atoms with E-state index >= 15 is 0 Å². The molecule has 8 nitrogen and oxygen atoms in total. The fraction of sp³-hybridized carbons (Fsp3) is 0.167. The highest BCUT2D eigenvalue weighted by atomic mass is 16.5. The first kappa shape index (κ1) is 19.6. The van der Waals surface area contributed by atoms with Crippen LogP contribution in [0.2, 0.25) is 0 Å². The molecule has 5 heterocycles. The van der Waals surface area contributed by atoms with Crippen molar-refractivity contribution in [3.63, 3.8) is 0 Å². The average molecular weight is 424 g/mol. The second-order valence-corrected chi connectivity index (χ2v) is 7.04. The third-order valence-corrected chi connectivity index (χ3v) is 4.90. The molecule has 0 atom stereocenters. The number of nitrogens with one attached hydrogen (secondary N) is 2. The standard InChI is InChI=1S/C24H20N6O2/c1-25-24-19-14-27-22-12-18(19)17(13-28-24)7-6-16-8-9-26-15-20(16)31-10-3-11-32-23-5-2-4-21(29-22)30-23/h2,4-5,8-9,12-15H,3,10-11H2,1H3,(H,25,28)(H,27,29,30). The number of ether oxygens (including phenoxy) is 2. The van der Waals surface area contributed by atoms with Crippen LogP contribution >= 0.6 is 0 Å². The van der Waals surface area contributed by atoms with E-state index in [-0.39, 0.29) is 0 Å². The summed E-state index contributed by atoms with van der Waals surface area (Å²) in [6.45, 7) is 0.956. The van der Waals surface area contributed by atoms with Gasteiger partial charge in [-0.1, -0.05) is 17.9 Å². The van der Waals surface area contributed by atoms with Crippen molar-refractivity contribution >= 4 is 28.2 Å². The van der Waals surface area contributed by atoms with Crippen molar-refractivity contribution in [1.29, 1.82) is 0 Å². The SMILES string of the molecule is CNc1ncc2c3cc(ncc13)Nc1cccc(n1)OCCCOc1cnccc1C#C2. The largest absolute Gasteiger partial charge is 0.491 e. The zero-order valence-electron chi connectivity index (χ0n) is 17.4. The lowest BCUT2D eigenvalue weighted by Crippen LogP contribution is -2.07. The third-order valence-electron chi connectivity index (χ3n) is 4.90. The minimum absolute atomic E-state index is 0.478. The molecule has 158 valence electrons. The number of hydrogen-bond acceptors (Lipinski definition) is 8. The van der Waals surface area contributed by atoms with E-state index in [9.17, 15) is 0 Å². The van der Waals surface area contributed by atoms with E-state index in [2.05, 4.69) is 42.4 Å². The zero-order valence-corrected chi connectivity index (χ0v) is 17.4. The van der Waals surface area contributed by atoms with Crippen LogP contribution in [0.4, 0.5) is 17.5 Å². The molecule has 4 aromatic heterocycles. The second-order valence-electron chi connectivity index (χ2n) is 7.04. The van der Waals surface area contributed by atoms with E-state index in [1.165, 1.54) is 0 Å². The van der Waals surface area contributed by atoms with Gasteiger partial charge in [-0.15, -0.1) is 0 Å². The molecule has 4 bridgehead atoms. The van der Waals surface area contributed by atoms with Crippen molar-refractivity contribution in [3.05, 3.63) is 66.2 Å². The first-order valence-electron chi connectivity index (χ1n) is 10.2. The zero-order chi connectivity index (χ0) is 21.8. The maximum Gasteiger partial charge on any atom is 0.215 e. The predicted octanol–water partition coefficient (Wildman–Crippen LogP) is 3.77. The lowest BCUT2D eigenvalue weighted by molar-refractivity contribution is 0.242. The fourth-order valence-corrected chi connectivity index (χ4v) is 3.35. The smallest absolute Gasteiger partial charge is 0.215 e. The van der Waals surface area contributed by atoms with Crippen LogP contribution in [-0.4, -0.2) is 40.2 Å². The van der Waals surface area contributed by atoms with E-state index in [1.54, 1.807) is 24.8 Å². The molecule has 1 aliphatic heterocycles. The van der Waals surface area contributed by atoms with Crippen molar-refractivity contribution in [1.82, 2.24) is 19.9 Å². The summed E-state index contributed by atoms with van der Waals surface area (Å²) >= 11 is 0. The molecule has 0 amide bonds. The Balaban J connectivity index is 1.65. The van der Waals surface area contributed by atoms with Gasteiger partial charge in [0.15, 0.2) is 5.75 Å². The third kappa shape index (κ3) is 4.09. The van der Waals surface area contributed by atoms with E-state index in [0.717, 1.165) is 27.7 Å². The first-order valence-corrected chi connectivity index (χ1v) is 10.2. The van der Waals surface area contributed by atoms with Crippen molar-refractivity contribution in [2.24, 2.45) is 0 Å². The summed E-state index contributed by atoms with van der Waals surface area (Å²) in [5.74, 6) is 9.65. The van der Waals surface area contributed by atoms with Gasteiger partial charge < -0.3 is 20.1 Å². The quantitative estimate of drug-likeness (QED) is 0.446. The number of pyridine rings is 4. The van der Waals surface area contributed by atoms with Gasteiger partial charge in [0.2, 0.25) is 5.88 Å². The van der Waals surface area contributed by atoms with Crippen LogP contribution in [-0.2, 0) is 0 Å². The Morgan fingerprint density at radius 2 is 1.84 bits per heavy atom. The number of aromatic nitrogens is 4. The minimum Gasteiger partial charge on any atom is -0.491 e. The van der Waals surface area contributed by atoms with E-state index < -0.39 is 0 Å². The van der Waals surface area contributed by atoms with Gasteiger partial charge in [-0.3, -0.25) is 4.98 Å². The molecule has 2 N–H and O–H groups in total. The van der Waals surface area contributed by atoms with Gasteiger partial charge in [0.05, 0.1) is 30.5 Å². The summed E-state index contributed by atoms with van der Waals surface area (Å²) in [5.41, 5.74) is 1.54. The van der Waals surface area contributed by atoms with Crippen LogP contribution in [0.15, 0.2) is 55.1 Å². The van der Waals surface area contributed by atoms with Crippen molar-refractivity contribution in [2.45, 2.75) is 6.42 Å². The monoisotopic (exact) mass is 424 g/mol.